The van der Waals surface area contributed by atoms with Crippen molar-refractivity contribution in [2.45, 2.75) is 64.9 Å². The highest BCUT2D eigenvalue weighted by Gasteiger charge is 2.51. The molecule has 0 saturated heterocycles. The highest BCUT2D eigenvalue weighted by Crippen LogP contribution is 2.61. The molecule has 1 atom stereocenters. The number of nitrogens with one attached hydrogen (secondary N) is 1. The summed E-state index contributed by atoms with van der Waals surface area (Å²) in [5, 5.41) is 2.73. The van der Waals surface area contributed by atoms with E-state index < -0.39 is 6.10 Å². The first-order chi connectivity index (χ1) is 13.3. The van der Waals surface area contributed by atoms with Gasteiger partial charge in [0.15, 0.2) is 11.9 Å². The first-order valence-corrected chi connectivity index (χ1v) is 10.4. The minimum Gasteiger partial charge on any atom is -0.453 e. The van der Waals surface area contributed by atoms with Gasteiger partial charge in [-0.1, -0.05) is 12.1 Å². The van der Waals surface area contributed by atoms with Crippen LogP contribution in [0.5, 0.6) is 0 Å². The molecule has 0 heterocycles. The molecule has 5 nitrogen and oxygen atoms in total. The van der Waals surface area contributed by atoms with Gasteiger partial charge in [-0.15, -0.1) is 0 Å². The van der Waals surface area contributed by atoms with E-state index in [1.165, 1.54) is 26.2 Å². The molecule has 5 heteroatoms. The summed E-state index contributed by atoms with van der Waals surface area (Å²) in [5.41, 5.74) is 1.17. The van der Waals surface area contributed by atoms with Crippen LogP contribution in [0, 0.1) is 23.2 Å². The number of ether oxygens (including phenoxy) is 1. The Balaban J connectivity index is 1.32. The summed E-state index contributed by atoms with van der Waals surface area (Å²) in [7, 11) is 0. The Labute approximate surface area is 166 Å². The summed E-state index contributed by atoms with van der Waals surface area (Å²) in [6, 6.07) is 6.77. The molecule has 1 N–H and O–H groups in total. The molecule has 0 aromatic heterocycles. The molecule has 0 unspecified atom stereocenters. The molecule has 1 amide bonds. The molecule has 0 spiro atoms. The van der Waals surface area contributed by atoms with Crippen LogP contribution in [0.3, 0.4) is 0 Å². The Morgan fingerprint density at radius 1 is 1.11 bits per heavy atom. The van der Waals surface area contributed by atoms with Gasteiger partial charge in [-0.05, 0) is 87.7 Å². The quantitative estimate of drug-likeness (QED) is 0.585. The predicted molar refractivity (Wildman–Crippen MR) is 106 cm³/mol. The summed E-state index contributed by atoms with van der Waals surface area (Å²) in [5.74, 6) is 1.66. The molecule has 1 aromatic carbocycles. The maximum absolute atomic E-state index is 12.6. The zero-order valence-electron chi connectivity index (χ0n) is 16.7. The van der Waals surface area contributed by atoms with Crippen molar-refractivity contribution in [1.29, 1.82) is 0 Å². The van der Waals surface area contributed by atoms with Crippen LogP contribution in [0.15, 0.2) is 24.3 Å². The van der Waals surface area contributed by atoms with Gasteiger partial charge < -0.3 is 10.1 Å². The van der Waals surface area contributed by atoms with E-state index in [1.54, 1.807) is 31.2 Å². The molecular weight excluding hydrogens is 354 g/mol. The minimum atomic E-state index is -0.859. The molecule has 4 saturated carbocycles. The summed E-state index contributed by atoms with van der Waals surface area (Å²) in [6.45, 7) is 3.08. The lowest BCUT2D eigenvalue weighted by atomic mass is 9.49. The standard InChI is InChI=1S/C23H29NO4/c1-14(25)19-4-3-5-20(9-19)24-22(27)15(2)28-21(26)13-23-10-16-6-17(11-23)8-18(7-16)12-23/h3-5,9,15-18H,6-8,10-13H2,1-2H3,(H,24,27)/t15-,16?,17?,18?,23?/m1/s1. The van der Waals surface area contributed by atoms with E-state index >= 15 is 0 Å². The number of hydrogen-bond donors (Lipinski definition) is 1. The average Bonchev–Trinajstić information content (AvgIpc) is 2.60. The van der Waals surface area contributed by atoms with Gasteiger partial charge in [0.05, 0.1) is 6.42 Å². The van der Waals surface area contributed by atoms with Crippen molar-refractivity contribution in [2.75, 3.05) is 5.32 Å². The molecule has 150 valence electrons. The molecule has 4 aliphatic rings. The van der Waals surface area contributed by atoms with Crippen molar-refractivity contribution in [3.63, 3.8) is 0 Å². The fraction of sp³-hybridized carbons (Fsp3) is 0.609. The first-order valence-electron chi connectivity index (χ1n) is 10.4. The van der Waals surface area contributed by atoms with Gasteiger partial charge in [0.2, 0.25) is 0 Å². The monoisotopic (exact) mass is 383 g/mol. The second-order valence-corrected chi connectivity index (χ2v) is 9.35. The van der Waals surface area contributed by atoms with E-state index in [4.69, 9.17) is 4.74 Å². The number of Topliss-reactive ketones (excluding diaryl/α,β-unsaturated/α-hetero) is 1. The van der Waals surface area contributed by atoms with Gasteiger partial charge in [0.1, 0.15) is 0 Å². The van der Waals surface area contributed by atoms with Gasteiger partial charge >= 0.3 is 5.97 Å². The normalized spacial score (nSPS) is 31.3. The van der Waals surface area contributed by atoms with Crippen LogP contribution >= 0.6 is 0 Å². The van der Waals surface area contributed by atoms with E-state index in [9.17, 15) is 14.4 Å². The van der Waals surface area contributed by atoms with E-state index in [1.807, 2.05) is 0 Å². The number of benzene rings is 1. The smallest absolute Gasteiger partial charge is 0.307 e. The fourth-order valence-corrected chi connectivity index (χ4v) is 6.16. The molecule has 4 aliphatic carbocycles. The zero-order valence-corrected chi connectivity index (χ0v) is 16.7. The van der Waals surface area contributed by atoms with Gasteiger partial charge in [0.25, 0.3) is 5.91 Å². The Bertz CT molecular complexity index is 764. The molecule has 4 fully saturated rings. The summed E-state index contributed by atoms with van der Waals surface area (Å²) < 4.78 is 5.48. The molecule has 28 heavy (non-hydrogen) atoms. The third-order valence-corrected chi connectivity index (χ3v) is 6.90. The second kappa shape index (κ2) is 7.34. The van der Waals surface area contributed by atoms with E-state index in [-0.39, 0.29) is 23.1 Å². The number of amides is 1. The van der Waals surface area contributed by atoms with Gasteiger partial charge in [-0.25, -0.2) is 0 Å². The number of carbonyl (C=O) groups is 3. The van der Waals surface area contributed by atoms with Gasteiger partial charge in [0, 0.05) is 11.3 Å². The van der Waals surface area contributed by atoms with Crippen LogP contribution in [0.4, 0.5) is 5.69 Å². The van der Waals surface area contributed by atoms with Crippen molar-refractivity contribution in [3.05, 3.63) is 29.8 Å². The summed E-state index contributed by atoms with van der Waals surface area (Å²) >= 11 is 0. The van der Waals surface area contributed by atoms with E-state index in [2.05, 4.69) is 5.32 Å². The number of ketones is 1. The van der Waals surface area contributed by atoms with E-state index in [0.717, 1.165) is 37.0 Å². The molecule has 0 radical (unpaired) electrons. The van der Waals surface area contributed by atoms with Crippen molar-refractivity contribution in [1.82, 2.24) is 0 Å². The Hall–Kier alpha value is -2.17. The Morgan fingerprint density at radius 3 is 2.29 bits per heavy atom. The first kappa shape index (κ1) is 19.2. The van der Waals surface area contributed by atoms with Crippen LogP contribution in [-0.4, -0.2) is 23.8 Å². The van der Waals surface area contributed by atoms with Crippen LogP contribution in [0.2, 0.25) is 0 Å². The van der Waals surface area contributed by atoms with Crippen LogP contribution in [0.25, 0.3) is 0 Å². The second-order valence-electron chi connectivity index (χ2n) is 9.35. The predicted octanol–water partition coefficient (Wildman–Crippen LogP) is 4.37. The molecule has 0 aliphatic heterocycles. The van der Waals surface area contributed by atoms with Crippen molar-refractivity contribution in [2.24, 2.45) is 23.2 Å². The molecule has 4 bridgehead atoms. The highest BCUT2D eigenvalue weighted by molar-refractivity contribution is 5.98. The number of anilines is 1. The van der Waals surface area contributed by atoms with Gasteiger partial charge in [-0.2, -0.15) is 0 Å². The Kier molecular flexibility index (Phi) is 5.02. The Morgan fingerprint density at radius 2 is 1.71 bits per heavy atom. The summed E-state index contributed by atoms with van der Waals surface area (Å²) in [4.78, 5) is 36.5. The van der Waals surface area contributed by atoms with Crippen LogP contribution < -0.4 is 5.32 Å². The van der Waals surface area contributed by atoms with Crippen molar-refractivity contribution in [3.8, 4) is 0 Å². The average molecular weight is 383 g/mol. The van der Waals surface area contributed by atoms with Crippen molar-refractivity contribution < 1.29 is 19.1 Å². The lowest BCUT2D eigenvalue weighted by Gasteiger charge is -2.56. The largest absolute Gasteiger partial charge is 0.453 e. The van der Waals surface area contributed by atoms with Crippen LogP contribution in [-0.2, 0) is 14.3 Å². The van der Waals surface area contributed by atoms with Crippen LogP contribution in [0.1, 0.15) is 69.2 Å². The number of hydrogen-bond acceptors (Lipinski definition) is 4. The lowest BCUT2D eigenvalue weighted by molar-refractivity contribution is -0.160. The van der Waals surface area contributed by atoms with E-state index in [0.29, 0.717) is 17.7 Å². The fourth-order valence-electron chi connectivity index (χ4n) is 6.16. The lowest BCUT2D eigenvalue weighted by Crippen LogP contribution is -2.47. The SMILES string of the molecule is CC(=O)c1cccc(NC(=O)[C@@H](C)OC(=O)CC23CC4CC(CC(C4)C2)C3)c1. The third kappa shape index (κ3) is 3.98. The third-order valence-electron chi connectivity index (χ3n) is 6.90. The molecular formula is C23H29NO4. The molecule has 1 aromatic rings. The minimum absolute atomic E-state index is 0.0638. The number of esters is 1. The zero-order chi connectivity index (χ0) is 19.9. The number of rotatable bonds is 6. The maximum atomic E-state index is 12.6. The van der Waals surface area contributed by atoms with Crippen molar-refractivity contribution >= 4 is 23.3 Å². The molecule has 5 rings (SSSR count). The number of carbonyl (C=O) groups excluding carboxylic acids is 3. The maximum Gasteiger partial charge on any atom is 0.307 e. The summed E-state index contributed by atoms with van der Waals surface area (Å²) in [6.07, 6.45) is 7.03. The topological polar surface area (TPSA) is 72.5 Å². The van der Waals surface area contributed by atoms with Gasteiger partial charge in [-0.3, -0.25) is 14.4 Å². The highest BCUT2D eigenvalue weighted by atomic mass is 16.5.